The second kappa shape index (κ2) is 7.58. The minimum Gasteiger partial charge on any atom is -0.474 e. The summed E-state index contributed by atoms with van der Waals surface area (Å²) in [5.41, 5.74) is -0.192. The van der Waals surface area contributed by atoms with E-state index >= 15 is 0 Å². The summed E-state index contributed by atoms with van der Waals surface area (Å²) in [5, 5.41) is 0. The van der Waals surface area contributed by atoms with Crippen molar-refractivity contribution in [2.45, 2.75) is 6.54 Å². The number of hydrogen-bond acceptors (Lipinski definition) is 4. The van der Waals surface area contributed by atoms with Gasteiger partial charge in [-0.1, -0.05) is 36.5 Å². The first-order valence-electron chi connectivity index (χ1n) is 5.90. The second-order valence-electron chi connectivity index (χ2n) is 4.07. The Morgan fingerprint density at radius 1 is 1.19 bits per heavy atom. The van der Waals surface area contributed by atoms with Crippen LogP contribution in [0.3, 0.4) is 0 Å². The molecule has 6 nitrogen and oxygen atoms in total. The number of aromatic nitrogens is 2. The van der Waals surface area contributed by atoms with Crippen LogP contribution in [-0.4, -0.2) is 22.2 Å². The van der Waals surface area contributed by atoms with Crippen LogP contribution in [0.5, 0.6) is 0 Å². The number of hydrogen-bond donors (Lipinski definition) is 0. The summed E-state index contributed by atoms with van der Waals surface area (Å²) in [6.45, 7) is 1.14. The molecule has 0 aliphatic heterocycles. The molecule has 104 valence electrons. The molecule has 2 rings (SSSR count). The number of ether oxygens (including phenoxy) is 1. The second-order valence-corrected chi connectivity index (χ2v) is 4.07. The molecule has 2 aromatic rings. The van der Waals surface area contributed by atoms with Gasteiger partial charge in [0.15, 0.2) is 0 Å². The molecular formula is C14H13LiN2O4. The molecule has 1 heterocycles. The standard InChI is InChI=1S/C14H13N2O4.Li/c1-20-13(18)10-15-8-7-12(17)16(14(15)19)9-11-5-3-2-4-6-11;/h2-8,10H,9H2,1H3;/q-1;+1. The van der Waals surface area contributed by atoms with Crippen molar-refractivity contribution in [3.05, 3.63) is 75.5 Å². The Kier molecular flexibility index (Phi) is 6.09. The van der Waals surface area contributed by atoms with E-state index in [1.807, 2.05) is 30.3 Å². The van der Waals surface area contributed by atoms with E-state index in [-0.39, 0.29) is 25.4 Å². The predicted octanol–water partition coefficient (Wildman–Crippen LogP) is -2.75. The van der Waals surface area contributed by atoms with Crippen molar-refractivity contribution in [1.29, 1.82) is 0 Å². The first-order valence-corrected chi connectivity index (χ1v) is 5.90. The van der Waals surface area contributed by atoms with Crippen LogP contribution < -0.4 is 30.1 Å². The van der Waals surface area contributed by atoms with E-state index in [2.05, 4.69) is 4.74 Å². The molecule has 1 aromatic heterocycles. The van der Waals surface area contributed by atoms with Crippen molar-refractivity contribution in [1.82, 2.24) is 9.13 Å². The summed E-state index contributed by atoms with van der Waals surface area (Å²) in [5.74, 6) is -0.669. The molecule has 0 aliphatic rings. The van der Waals surface area contributed by atoms with Crippen LogP contribution in [-0.2, 0) is 16.1 Å². The average molecular weight is 280 g/mol. The zero-order valence-corrected chi connectivity index (χ0v) is 11.9. The van der Waals surface area contributed by atoms with Crippen LogP contribution in [0.15, 0.2) is 52.2 Å². The van der Waals surface area contributed by atoms with Gasteiger partial charge < -0.3 is 18.7 Å². The molecule has 1 aromatic carbocycles. The fraction of sp³-hybridized carbons (Fsp3) is 0.143. The first kappa shape index (κ1) is 16.9. The third-order valence-electron chi connectivity index (χ3n) is 2.72. The van der Waals surface area contributed by atoms with Gasteiger partial charge in [-0.25, -0.2) is 0 Å². The van der Waals surface area contributed by atoms with E-state index < -0.39 is 17.2 Å². The number of nitrogens with zero attached hydrogens (tertiary/aromatic N) is 2. The summed E-state index contributed by atoms with van der Waals surface area (Å²) in [6, 6.07) is 10.3. The maximum atomic E-state index is 12.1. The quantitative estimate of drug-likeness (QED) is 0.346. The van der Waals surface area contributed by atoms with E-state index in [1.165, 1.54) is 19.4 Å². The van der Waals surface area contributed by atoms with Crippen LogP contribution in [0.2, 0.25) is 0 Å². The normalized spacial score (nSPS) is 9.57. The van der Waals surface area contributed by atoms with Crippen molar-refractivity contribution < 1.29 is 28.4 Å². The Morgan fingerprint density at radius 2 is 1.86 bits per heavy atom. The zero-order valence-electron chi connectivity index (χ0n) is 11.9. The SMILES string of the molecule is COC(=O)[CH-]n1ccc(=O)n(Cc2ccccc2)c1=O.[Li+]. The van der Waals surface area contributed by atoms with Gasteiger partial charge in [0.2, 0.25) is 11.2 Å². The minimum atomic E-state index is -0.669. The Balaban J connectivity index is 0.00000220. The first-order chi connectivity index (χ1) is 9.61. The third-order valence-corrected chi connectivity index (χ3v) is 2.72. The molecular weight excluding hydrogens is 267 g/mol. The Hall–Kier alpha value is -2.16. The third kappa shape index (κ3) is 4.15. The van der Waals surface area contributed by atoms with Crippen LogP contribution in [0.4, 0.5) is 0 Å². The molecule has 0 bridgehead atoms. The van der Waals surface area contributed by atoms with Gasteiger partial charge in [-0.05, 0) is 18.2 Å². The van der Waals surface area contributed by atoms with Gasteiger partial charge in [0.05, 0.1) is 7.11 Å². The molecule has 0 unspecified atom stereocenters. The fourth-order valence-corrected chi connectivity index (χ4v) is 1.71. The van der Waals surface area contributed by atoms with Gasteiger partial charge in [0, 0.05) is 6.54 Å². The number of carbonyl (C=O) groups is 1. The molecule has 0 saturated carbocycles. The molecule has 0 amide bonds. The molecule has 0 atom stereocenters. The monoisotopic (exact) mass is 280 g/mol. The van der Waals surface area contributed by atoms with Crippen molar-refractivity contribution >= 4 is 5.97 Å². The van der Waals surface area contributed by atoms with Gasteiger partial charge in [-0.2, -0.15) is 0 Å². The van der Waals surface area contributed by atoms with E-state index in [0.717, 1.165) is 21.2 Å². The van der Waals surface area contributed by atoms with E-state index in [4.69, 9.17) is 0 Å². The van der Waals surface area contributed by atoms with Crippen molar-refractivity contribution in [3.63, 3.8) is 0 Å². The largest absolute Gasteiger partial charge is 1.00 e. The summed E-state index contributed by atoms with van der Waals surface area (Å²) in [7, 11) is 1.21. The van der Waals surface area contributed by atoms with Crippen LogP contribution >= 0.6 is 0 Å². The van der Waals surface area contributed by atoms with E-state index in [1.54, 1.807) is 0 Å². The van der Waals surface area contributed by atoms with Gasteiger partial charge in [0.1, 0.15) is 0 Å². The Labute approximate surface area is 133 Å². The maximum absolute atomic E-state index is 12.1. The van der Waals surface area contributed by atoms with Crippen LogP contribution in [0, 0.1) is 6.54 Å². The number of carbonyl (C=O) groups excluding carboxylic acids is 1. The molecule has 0 saturated heterocycles. The van der Waals surface area contributed by atoms with E-state index in [0.29, 0.717) is 0 Å². The van der Waals surface area contributed by atoms with Gasteiger partial charge in [-0.3, -0.25) is 9.59 Å². The zero-order chi connectivity index (χ0) is 14.5. The maximum Gasteiger partial charge on any atom is 1.00 e. The molecule has 0 spiro atoms. The summed E-state index contributed by atoms with van der Waals surface area (Å²) in [6.07, 6.45) is 1.24. The van der Waals surface area contributed by atoms with Crippen molar-refractivity contribution in [2.24, 2.45) is 0 Å². The molecule has 0 N–H and O–H groups in total. The predicted molar refractivity (Wildman–Crippen MR) is 72.2 cm³/mol. The number of rotatable bonds is 4. The fourth-order valence-electron chi connectivity index (χ4n) is 1.71. The smallest absolute Gasteiger partial charge is 0.474 e. The molecule has 0 fully saturated rings. The summed E-state index contributed by atoms with van der Waals surface area (Å²) in [4.78, 5) is 35.1. The molecule has 0 radical (unpaired) electrons. The number of methoxy groups -OCH3 is 1. The molecule has 7 heteroatoms. The van der Waals surface area contributed by atoms with Gasteiger partial charge in [0.25, 0.3) is 5.97 Å². The van der Waals surface area contributed by atoms with E-state index in [9.17, 15) is 14.4 Å². The number of benzene rings is 1. The summed E-state index contributed by atoms with van der Waals surface area (Å²) < 4.78 is 6.53. The summed E-state index contributed by atoms with van der Waals surface area (Å²) >= 11 is 0. The van der Waals surface area contributed by atoms with Crippen LogP contribution in [0.1, 0.15) is 5.56 Å². The topological polar surface area (TPSA) is 70.3 Å². The average Bonchev–Trinajstić information content (AvgIpc) is 2.47. The molecule has 21 heavy (non-hydrogen) atoms. The Morgan fingerprint density at radius 3 is 2.48 bits per heavy atom. The minimum absolute atomic E-state index is 0. The van der Waals surface area contributed by atoms with Crippen LogP contribution in [0.25, 0.3) is 0 Å². The van der Waals surface area contributed by atoms with Gasteiger partial charge >= 0.3 is 18.9 Å². The number of esters is 1. The Bertz CT molecular complexity index is 722. The van der Waals surface area contributed by atoms with Crippen molar-refractivity contribution in [2.75, 3.05) is 7.11 Å². The van der Waals surface area contributed by atoms with Gasteiger partial charge in [-0.15, -0.1) is 0 Å². The molecule has 0 aliphatic carbocycles. The van der Waals surface area contributed by atoms with Crippen molar-refractivity contribution in [3.8, 4) is 0 Å².